The van der Waals surface area contributed by atoms with E-state index in [0.717, 1.165) is 11.3 Å². The van der Waals surface area contributed by atoms with Gasteiger partial charge in [-0.15, -0.1) is 0 Å². The van der Waals surface area contributed by atoms with Gasteiger partial charge in [-0.2, -0.15) is 0 Å². The van der Waals surface area contributed by atoms with Crippen LogP contribution < -0.4 is 0 Å². The summed E-state index contributed by atoms with van der Waals surface area (Å²) in [6.07, 6.45) is 1.47. The molecule has 0 saturated heterocycles. The maximum atomic E-state index is 9.02. The zero-order chi connectivity index (χ0) is 6.85. The number of H-pyrrole nitrogens is 1. The fourth-order valence-electron chi connectivity index (χ4n) is 0.772. The molecule has 2 nitrogen and oxygen atoms in total. The molecule has 50 valence electrons. The molecule has 0 saturated carbocycles. The third-order valence-electron chi connectivity index (χ3n) is 1.33. The van der Waals surface area contributed by atoms with Gasteiger partial charge in [-0.25, -0.2) is 0 Å². The van der Waals surface area contributed by atoms with Crippen molar-refractivity contribution in [2.45, 2.75) is 20.0 Å². The van der Waals surface area contributed by atoms with Crippen LogP contribution >= 0.6 is 0 Å². The highest BCUT2D eigenvalue weighted by Crippen LogP contribution is 2.11. The second kappa shape index (κ2) is 2.23. The van der Waals surface area contributed by atoms with Crippen LogP contribution in [0.25, 0.3) is 0 Å². The number of aliphatic hydroxyl groups excluding tert-OH is 1. The second-order valence-corrected chi connectivity index (χ2v) is 2.29. The average molecular weight is 125 g/mol. The molecule has 2 N–H and O–H groups in total. The summed E-state index contributed by atoms with van der Waals surface area (Å²) in [5.41, 5.74) is 2.04. The first-order valence-corrected chi connectivity index (χ1v) is 3.03. The molecular formula is C7H11NO. The smallest absolute Gasteiger partial charge is 0.0776 e. The fraction of sp³-hybridized carbons (Fsp3) is 0.429. The summed E-state index contributed by atoms with van der Waals surface area (Å²) in [6, 6.07) is 1.94. The van der Waals surface area contributed by atoms with Crippen LogP contribution in [0.5, 0.6) is 0 Å². The van der Waals surface area contributed by atoms with Gasteiger partial charge >= 0.3 is 0 Å². The number of aryl methyl sites for hydroxylation is 1. The van der Waals surface area contributed by atoms with E-state index >= 15 is 0 Å². The molecule has 0 spiro atoms. The molecule has 0 fully saturated rings. The molecule has 0 bridgehead atoms. The lowest BCUT2D eigenvalue weighted by atomic mass is 10.2. The van der Waals surface area contributed by atoms with Gasteiger partial charge in [-0.3, -0.25) is 0 Å². The van der Waals surface area contributed by atoms with Crippen LogP contribution in [-0.4, -0.2) is 10.1 Å². The van der Waals surface area contributed by atoms with Gasteiger partial charge in [0.25, 0.3) is 0 Å². The zero-order valence-electron chi connectivity index (χ0n) is 5.68. The Hall–Kier alpha value is -0.760. The molecule has 0 radical (unpaired) electrons. The number of nitrogens with one attached hydrogen (secondary N) is 1. The van der Waals surface area contributed by atoms with Crippen molar-refractivity contribution >= 4 is 0 Å². The predicted octanol–water partition coefficient (Wildman–Crippen LogP) is 1.38. The van der Waals surface area contributed by atoms with Crippen LogP contribution in [0.1, 0.15) is 24.3 Å². The molecular weight excluding hydrogens is 114 g/mol. The van der Waals surface area contributed by atoms with Gasteiger partial charge in [0.05, 0.1) is 6.10 Å². The summed E-state index contributed by atoms with van der Waals surface area (Å²) in [7, 11) is 0. The monoisotopic (exact) mass is 125 g/mol. The Balaban J connectivity index is 2.85. The summed E-state index contributed by atoms with van der Waals surface area (Å²) in [6.45, 7) is 3.72. The topological polar surface area (TPSA) is 36.0 Å². The van der Waals surface area contributed by atoms with Gasteiger partial charge in [0.15, 0.2) is 0 Å². The van der Waals surface area contributed by atoms with Crippen LogP contribution in [0.15, 0.2) is 12.3 Å². The third kappa shape index (κ3) is 1.33. The Morgan fingerprint density at radius 1 is 1.67 bits per heavy atom. The van der Waals surface area contributed by atoms with E-state index in [2.05, 4.69) is 4.98 Å². The molecule has 0 aromatic carbocycles. The minimum Gasteiger partial charge on any atom is -0.389 e. The van der Waals surface area contributed by atoms with Crippen molar-refractivity contribution in [2.24, 2.45) is 0 Å². The van der Waals surface area contributed by atoms with Crippen LogP contribution in [0.2, 0.25) is 0 Å². The van der Waals surface area contributed by atoms with Crippen molar-refractivity contribution in [1.82, 2.24) is 4.98 Å². The van der Waals surface area contributed by atoms with Crippen molar-refractivity contribution < 1.29 is 5.11 Å². The molecule has 1 heterocycles. The summed E-state index contributed by atoms with van der Waals surface area (Å²) >= 11 is 0. The minimum atomic E-state index is -0.352. The number of hydrogen-bond acceptors (Lipinski definition) is 1. The highest BCUT2D eigenvalue weighted by atomic mass is 16.3. The van der Waals surface area contributed by atoms with Gasteiger partial charge in [0, 0.05) is 11.9 Å². The molecule has 1 aromatic heterocycles. The Kier molecular flexibility index (Phi) is 1.58. The molecule has 1 unspecified atom stereocenters. The Morgan fingerprint density at radius 3 is 2.56 bits per heavy atom. The molecule has 0 aliphatic carbocycles. The van der Waals surface area contributed by atoms with E-state index in [1.54, 1.807) is 6.92 Å². The van der Waals surface area contributed by atoms with Crippen molar-refractivity contribution in [3.05, 3.63) is 23.5 Å². The molecule has 1 aromatic rings. The van der Waals surface area contributed by atoms with Crippen LogP contribution in [0, 0.1) is 6.92 Å². The molecule has 0 aliphatic heterocycles. The summed E-state index contributed by atoms with van der Waals surface area (Å²) in [5, 5.41) is 9.02. The van der Waals surface area contributed by atoms with Gasteiger partial charge in [0.1, 0.15) is 0 Å². The van der Waals surface area contributed by atoms with E-state index in [1.165, 1.54) is 0 Å². The largest absolute Gasteiger partial charge is 0.389 e. The average Bonchev–Trinajstić information content (AvgIpc) is 2.14. The maximum Gasteiger partial charge on any atom is 0.0776 e. The summed E-state index contributed by atoms with van der Waals surface area (Å²) < 4.78 is 0. The molecule has 1 rings (SSSR count). The van der Waals surface area contributed by atoms with E-state index < -0.39 is 0 Å². The number of aliphatic hydroxyl groups is 1. The molecule has 2 heteroatoms. The number of hydrogen-bond donors (Lipinski definition) is 2. The van der Waals surface area contributed by atoms with Crippen LogP contribution in [0.3, 0.4) is 0 Å². The van der Waals surface area contributed by atoms with Gasteiger partial charge in [-0.1, -0.05) is 0 Å². The van der Waals surface area contributed by atoms with E-state index in [0.29, 0.717) is 0 Å². The van der Waals surface area contributed by atoms with Crippen molar-refractivity contribution in [2.75, 3.05) is 0 Å². The highest BCUT2D eigenvalue weighted by molar-refractivity contribution is 5.17. The first-order chi connectivity index (χ1) is 4.20. The van der Waals surface area contributed by atoms with Crippen molar-refractivity contribution in [1.29, 1.82) is 0 Å². The number of aromatic amines is 1. The van der Waals surface area contributed by atoms with Crippen molar-refractivity contribution in [3.8, 4) is 0 Å². The van der Waals surface area contributed by atoms with Gasteiger partial charge in [0.2, 0.25) is 0 Å². The summed E-state index contributed by atoms with van der Waals surface area (Å²) in [5.74, 6) is 0. The Labute approximate surface area is 54.5 Å². The first kappa shape index (κ1) is 6.36. The molecule has 9 heavy (non-hydrogen) atoms. The lowest BCUT2D eigenvalue weighted by molar-refractivity contribution is 0.199. The van der Waals surface area contributed by atoms with Crippen LogP contribution in [0.4, 0.5) is 0 Å². The maximum absolute atomic E-state index is 9.02. The predicted molar refractivity (Wildman–Crippen MR) is 36.2 cm³/mol. The second-order valence-electron chi connectivity index (χ2n) is 2.29. The van der Waals surface area contributed by atoms with Gasteiger partial charge in [-0.05, 0) is 25.5 Å². The normalized spacial score (nSPS) is 13.7. The van der Waals surface area contributed by atoms with E-state index in [1.807, 2.05) is 19.2 Å². The SMILES string of the molecule is Cc1cc(C(C)O)c[nH]1. The standard InChI is InChI=1S/C7H11NO/c1-5-3-7(4-8-5)6(2)9/h3-4,6,8-9H,1-2H3. The molecule has 1 atom stereocenters. The van der Waals surface area contributed by atoms with Gasteiger partial charge < -0.3 is 10.1 Å². The Bertz CT molecular complexity index is 191. The van der Waals surface area contributed by atoms with E-state index in [4.69, 9.17) is 5.11 Å². The highest BCUT2D eigenvalue weighted by Gasteiger charge is 1.99. The quantitative estimate of drug-likeness (QED) is 0.584. The fourth-order valence-corrected chi connectivity index (χ4v) is 0.772. The zero-order valence-corrected chi connectivity index (χ0v) is 5.68. The van der Waals surface area contributed by atoms with E-state index in [9.17, 15) is 0 Å². The Morgan fingerprint density at radius 2 is 2.33 bits per heavy atom. The lowest BCUT2D eigenvalue weighted by Gasteiger charge is -1.95. The van der Waals surface area contributed by atoms with E-state index in [-0.39, 0.29) is 6.10 Å². The van der Waals surface area contributed by atoms with Crippen molar-refractivity contribution in [3.63, 3.8) is 0 Å². The third-order valence-corrected chi connectivity index (χ3v) is 1.33. The first-order valence-electron chi connectivity index (χ1n) is 3.03. The number of aromatic nitrogens is 1. The molecule has 0 amide bonds. The van der Waals surface area contributed by atoms with Crippen LogP contribution in [-0.2, 0) is 0 Å². The summed E-state index contributed by atoms with van der Waals surface area (Å²) in [4.78, 5) is 2.99. The lowest BCUT2D eigenvalue weighted by Crippen LogP contribution is -1.85. The minimum absolute atomic E-state index is 0.352. The number of rotatable bonds is 1. The molecule has 0 aliphatic rings.